The Kier molecular flexibility index (Phi) is 3.19. The smallest absolute Gasteiger partial charge is 0.149 e. The number of aliphatic hydroxyl groups excluding tert-OH is 1. The van der Waals surface area contributed by atoms with Gasteiger partial charge in [-0.05, 0) is 13.3 Å². The van der Waals surface area contributed by atoms with E-state index in [1.54, 1.807) is 6.33 Å². The van der Waals surface area contributed by atoms with Gasteiger partial charge < -0.3 is 15.4 Å². The average molecular weight is 170 g/mol. The summed E-state index contributed by atoms with van der Waals surface area (Å²) in [5.74, 6) is 0.742. The number of aromatic nitrogens is 3. The number of hydrogen-bond acceptors (Lipinski definition) is 4. The Bertz CT molecular complexity index is 235. The molecule has 1 aromatic heterocycles. The number of hydrogen-bond donors (Lipinski definition) is 2. The fraction of sp³-hybridized carbons (Fsp3) is 0.714. The summed E-state index contributed by atoms with van der Waals surface area (Å²) >= 11 is 0. The largest absolute Gasteiger partial charge is 0.396 e. The Morgan fingerprint density at radius 1 is 1.75 bits per heavy atom. The molecule has 0 amide bonds. The van der Waals surface area contributed by atoms with Crippen LogP contribution in [0.2, 0.25) is 0 Å². The average Bonchev–Trinajstić information content (AvgIpc) is 2.51. The van der Waals surface area contributed by atoms with Gasteiger partial charge in [-0.1, -0.05) is 0 Å². The molecule has 0 aliphatic heterocycles. The van der Waals surface area contributed by atoms with E-state index >= 15 is 0 Å². The van der Waals surface area contributed by atoms with Crippen molar-refractivity contribution in [2.75, 3.05) is 6.61 Å². The number of nitrogens with zero attached hydrogens (tertiary/aromatic N) is 3. The highest BCUT2D eigenvalue weighted by Gasteiger charge is 2.11. The van der Waals surface area contributed by atoms with Crippen LogP contribution in [0.1, 0.15) is 25.2 Å². The van der Waals surface area contributed by atoms with Gasteiger partial charge in [-0.3, -0.25) is 0 Å². The van der Waals surface area contributed by atoms with E-state index in [4.69, 9.17) is 10.8 Å². The molecule has 5 heteroatoms. The fourth-order valence-electron chi connectivity index (χ4n) is 1.06. The summed E-state index contributed by atoms with van der Waals surface area (Å²) in [4.78, 5) is 0. The second-order valence-electron chi connectivity index (χ2n) is 2.59. The molecule has 1 heterocycles. The first-order chi connectivity index (χ1) is 5.79. The molecule has 1 rings (SSSR count). The van der Waals surface area contributed by atoms with Crippen LogP contribution < -0.4 is 5.73 Å². The van der Waals surface area contributed by atoms with E-state index in [-0.39, 0.29) is 12.6 Å². The quantitative estimate of drug-likeness (QED) is 0.649. The Morgan fingerprint density at radius 2 is 2.50 bits per heavy atom. The minimum atomic E-state index is -0.211. The standard InChI is InChI=1S/C7H14N4O/c1-2-11-5-9-10-7(11)6(8)3-4-12/h5-6,12H,2-4,8H2,1H3. The topological polar surface area (TPSA) is 77.0 Å². The molecule has 0 aliphatic rings. The molecule has 0 fully saturated rings. The van der Waals surface area contributed by atoms with Gasteiger partial charge in [0.1, 0.15) is 12.2 Å². The maximum atomic E-state index is 8.66. The van der Waals surface area contributed by atoms with Crippen molar-refractivity contribution in [3.05, 3.63) is 12.2 Å². The molecular weight excluding hydrogens is 156 g/mol. The third kappa shape index (κ3) is 1.80. The van der Waals surface area contributed by atoms with Gasteiger partial charge in [0.15, 0.2) is 0 Å². The zero-order valence-corrected chi connectivity index (χ0v) is 7.14. The third-order valence-corrected chi connectivity index (χ3v) is 1.76. The van der Waals surface area contributed by atoms with Crippen LogP contribution in [0, 0.1) is 0 Å². The predicted molar refractivity (Wildman–Crippen MR) is 44.3 cm³/mol. The number of nitrogens with two attached hydrogens (primary N) is 1. The maximum Gasteiger partial charge on any atom is 0.149 e. The van der Waals surface area contributed by atoms with Crippen molar-refractivity contribution in [1.29, 1.82) is 0 Å². The summed E-state index contributed by atoms with van der Waals surface area (Å²) in [5.41, 5.74) is 5.74. The van der Waals surface area contributed by atoms with E-state index in [0.29, 0.717) is 6.42 Å². The van der Waals surface area contributed by atoms with Crippen LogP contribution >= 0.6 is 0 Å². The summed E-state index contributed by atoms with van der Waals surface area (Å²) in [6.07, 6.45) is 2.17. The fourth-order valence-corrected chi connectivity index (χ4v) is 1.06. The first-order valence-corrected chi connectivity index (χ1v) is 4.03. The minimum Gasteiger partial charge on any atom is -0.396 e. The van der Waals surface area contributed by atoms with E-state index in [0.717, 1.165) is 12.4 Å². The summed E-state index contributed by atoms with van der Waals surface area (Å²) < 4.78 is 1.88. The molecule has 1 unspecified atom stereocenters. The summed E-state index contributed by atoms with van der Waals surface area (Å²) in [5, 5.41) is 16.3. The SMILES string of the molecule is CCn1cnnc1C(N)CCO. The van der Waals surface area contributed by atoms with Crippen molar-refractivity contribution in [3.8, 4) is 0 Å². The summed E-state index contributed by atoms with van der Waals surface area (Å²) in [7, 11) is 0. The Labute approximate surface area is 71.2 Å². The Morgan fingerprint density at radius 3 is 3.08 bits per heavy atom. The molecule has 0 saturated heterocycles. The second kappa shape index (κ2) is 4.18. The molecule has 3 N–H and O–H groups in total. The predicted octanol–water partition coefficient (Wildman–Crippen LogP) is -0.320. The molecule has 0 aliphatic carbocycles. The lowest BCUT2D eigenvalue weighted by Crippen LogP contribution is -2.17. The molecule has 0 radical (unpaired) electrons. The Balaban J connectivity index is 2.71. The van der Waals surface area contributed by atoms with Crippen LogP contribution in [0.15, 0.2) is 6.33 Å². The zero-order valence-electron chi connectivity index (χ0n) is 7.14. The monoisotopic (exact) mass is 170 g/mol. The maximum absolute atomic E-state index is 8.66. The molecule has 1 aromatic rings. The molecule has 12 heavy (non-hydrogen) atoms. The van der Waals surface area contributed by atoms with E-state index in [1.165, 1.54) is 0 Å². The molecular formula is C7H14N4O. The lowest BCUT2D eigenvalue weighted by Gasteiger charge is -2.09. The molecule has 0 aromatic carbocycles. The van der Waals surface area contributed by atoms with Crippen molar-refractivity contribution in [3.63, 3.8) is 0 Å². The van der Waals surface area contributed by atoms with Gasteiger partial charge in [-0.25, -0.2) is 0 Å². The van der Waals surface area contributed by atoms with E-state index in [9.17, 15) is 0 Å². The lowest BCUT2D eigenvalue weighted by molar-refractivity contribution is 0.273. The highest BCUT2D eigenvalue weighted by atomic mass is 16.3. The number of aliphatic hydroxyl groups is 1. The van der Waals surface area contributed by atoms with Crippen molar-refractivity contribution >= 4 is 0 Å². The van der Waals surface area contributed by atoms with Crippen LogP contribution in [0.3, 0.4) is 0 Å². The minimum absolute atomic E-state index is 0.0811. The van der Waals surface area contributed by atoms with Crippen LogP contribution in [-0.4, -0.2) is 26.5 Å². The van der Waals surface area contributed by atoms with Crippen molar-refractivity contribution in [2.24, 2.45) is 5.73 Å². The highest BCUT2D eigenvalue weighted by molar-refractivity contribution is 4.93. The van der Waals surface area contributed by atoms with Crippen LogP contribution in [0.5, 0.6) is 0 Å². The molecule has 1 atom stereocenters. The molecule has 68 valence electrons. The molecule has 0 saturated carbocycles. The first kappa shape index (κ1) is 9.15. The van der Waals surface area contributed by atoms with Crippen LogP contribution in [0.4, 0.5) is 0 Å². The molecule has 0 spiro atoms. The zero-order chi connectivity index (χ0) is 8.97. The van der Waals surface area contributed by atoms with Gasteiger partial charge in [0.2, 0.25) is 0 Å². The van der Waals surface area contributed by atoms with Gasteiger partial charge in [0.25, 0.3) is 0 Å². The molecule has 5 nitrogen and oxygen atoms in total. The van der Waals surface area contributed by atoms with Gasteiger partial charge in [-0.15, -0.1) is 10.2 Å². The first-order valence-electron chi connectivity index (χ1n) is 4.03. The normalized spacial score (nSPS) is 13.2. The third-order valence-electron chi connectivity index (χ3n) is 1.76. The van der Waals surface area contributed by atoms with E-state index in [2.05, 4.69) is 10.2 Å². The highest BCUT2D eigenvalue weighted by Crippen LogP contribution is 2.09. The summed E-state index contributed by atoms with van der Waals surface area (Å²) in [6.45, 7) is 2.89. The van der Waals surface area contributed by atoms with Gasteiger partial charge in [0.05, 0.1) is 6.04 Å². The van der Waals surface area contributed by atoms with Crippen LogP contribution in [-0.2, 0) is 6.54 Å². The Hall–Kier alpha value is -0.940. The summed E-state index contributed by atoms with van der Waals surface area (Å²) in [6, 6.07) is -0.211. The van der Waals surface area contributed by atoms with Crippen molar-refractivity contribution in [1.82, 2.24) is 14.8 Å². The van der Waals surface area contributed by atoms with Gasteiger partial charge >= 0.3 is 0 Å². The van der Waals surface area contributed by atoms with E-state index < -0.39 is 0 Å². The van der Waals surface area contributed by atoms with Crippen LogP contribution in [0.25, 0.3) is 0 Å². The number of aryl methyl sites for hydroxylation is 1. The number of rotatable bonds is 4. The molecule has 0 bridgehead atoms. The lowest BCUT2D eigenvalue weighted by atomic mass is 10.2. The second-order valence-corrected chi connectivity index (χ2v) is 2.59. The van der Waals surface area contributed by atoms with Gasteiger partial charge in [0, 0.05) is 13.2 Å². The van der Waals surface area contributed by atoms with Gasteiger partial charge in [-0.2, -0.15) is 0 Å². The van der Waals surface area contributed by atoms with Crippen molar-refractivity contribution in [2.45, 2.75) is 25.9 Å². The van der Waals surface area contributed by atoms with Crippen molar-refractivity contribution < 1.29 is 5.11 Å². The van der Waals surface area contributed by atoms with E-state index in [1.807, 2.05) is 11.5 Å².